The number of hydrogen-bond acceptors (Lipinski definition) is 0. The van der Waals surface area contributed by atoms with Crippen molar-refractivity contribution in [3.8, 4) is 11.1 Å². The van der Waals surface area contributed by atoms with Gasteiger partial charge in [-0.3, -0.25) is 6.08 Å². The monoisotopic (exact) mass is 738 g/mol. The van der Waals surface area contributed by atoms with E-state index in [9.17, 15) is 0 Å². The fraction of sp³-hybridized carbons (Fsp3) is 0.408. The molecule has 2 aliphatic rings. The van der Waals surface area contributed by atoms with Gasteiger partial charge in [-0.2, -0.15) is 23.8 Å². The van der Waals surface area contributed by atoms with Crippen molar-refractivity contribution in [3.05, 3.63) is 153 Å². The summed E-state index contributed by atoms with van der Waals surface area (Å²) in [5, 5.41) is 0. The summed E-state index contributed by atoms with van der Waals surface area (Å²) in [4.78, 5) is 0. The van der Waals surface area contributed by atoms with Crippen LogP contribution in [0.2, 0.25) is 0 Å². The Labute approximate surface area is 320 Å². The van der Waals surface area contributed by atoms with Crippen molar-refractivity contribution >= 4 is 3.21 Å². The minimum absolute atomic E-state index is 0.163. The summed E-state index contributed by atoms with van der Waals surface area (Å²) >= 11 is 1.46. The summed E-state index contributed by atoms with van der Waals surface area (Å²) in [5.74, 6) is 0. The molecule has 0 saturated carbocycles. The van der Waals surface area contributed by atoms with Gasteiger partial charge in [0.1, 0.15) is 0 Å². The molecule has 0 N–H and O–H groups in total. The van der Waals surface area contributed by atoms with Crippen molar-refractivity contribution in [2.24, 2.45) is 0 Å². The van der Waals surface area contributed by atoms with E-state index in [0.717, 1.165) is 12.8 Å². The Morgan fingerprint density at radius 1 is 0.600 bits per heavy atom. The van der Waals surface area contributed by atoms with Crippen LogP contribution in [0.4, 0.5) is 0 Å². The van der Waals surface area contributed by atoms with Crippen molar-refractivity contribution in [1.29, 1.82) is 0 Å². The first-order chi connectivity index (χ1) is 23.1. The van der Waals surface area contributed by atoms with Gasteiger partial charge in [-0.1, -0.05) is 71.6 Å². The smallest absolute Gasteiger partial charge is 0.0129 e. The second-order valence-corrected chi connectivity index (χ2v) is 19.5. The van der Waals surface area contributed by atoms with E-state index in [2.05, 4.69) is 182 Å². The molecule has 2 aliphatic carbocycles. The van der Waals surface area contributed by atoms with Crippen LogP contribution in [0.25, 0.3) is 11.1 Å². The number of fused-ring (bicyclic) bond motifs is 3. The quantitative estimate of drug-likeness (QED) is 0.158. The van der Waals surface area contributed by atoms with Crippen LogP contribution in [0.3, 0.4) is 0 Å². The predicted octanol–water partition coefficient (Wildman–Crippen LogP) is 13.0. The molecule has 0 saturated heterocycles. The van der Waals surface area contributed by atoms with Crippen LogP contribution in [0.15, 0.2) is 85.0 Å². The number of benzene rings is 4. The Bertz CT molecular complexity index is 1730. The topological polar surface area (TPSA) is 0 Å². The summed E-state index contributed by atoms with van der Waals surface area (Å²) in [6, 6.07) is 29.1. The maximum Gasteiger partial charge on any atom is -0.0129 e. The zero-order chi connectivity index (χ0) is 37.2. The van der Waals surface area contributed by atoms with Gasteiger partial charge in [-0.15, -0.1) is 23.1 Å². The fourth-order valence-corrected chi connectivity index (χ4v) is 7.62. The maximum atomic E-state index is 3.69. The largest absolute Gasteiger partial charge is 0.273 e. The van der Waals surface area contributed by atoms with Gasteiger partial charge < -0.3 is 0 Å². The molecule has 0 amide bonds. The molecule has 0 heterocycles. The van der Waals surface area contributed by atoms with Gasteiger partial charge in [0, 0.05) is 0 Å². The molecule has 0 unspecified atom stereocenters. The minimum Gasteiger partial charge on any atom is -0.273 e. The molecule has 0 radical (unpaired) electrons. The average Bonchev–Trinajstić information content (AvgIpc) is 3.70. The third-order valence-electron chi connectivity index (χ3n) is 9.74. The van der Waals surface area contributed by atoms with E-state index in [1.807, 2.05) is 12.2 Å². The van der Waals surface area contributed by atoms with Crippen molar-refractivity contribution in [2.75, 3.05) is 0 Å². The summed E-state index contributed by atoms with van der Waals surface area (Å²) < 4.78 is 1.42. The summed E-state index contributed by atoms with van der Waals surface area (Å²) in [6.45, 7) is 31.8. The number of hydrogen-bond donors (Lipinski definition) is 0. The van der Waals surface area contributed by atoms with Gasteiger partial charge in [0.05, 0.1) is 0 Å². The molecule has 4 aromatic rings. The molecule has 0 nitrogen and oxygen atoms in total. The Hall–Kier alpha value is -2.89. The SMILES string of the molecule is CC(C)(C)c1ccc([C](=[Zr+2])c2ccc(C(C)(C)C)cc2)cc1.Cc1[c-]c2c(cc1C(C)(C)C)-c1cc(C(C)(C)C)c(C)cc1C2.[C-]1=CC=CC1. The molecule has 50 heavy (non-hydrogen) atoms. The van der Waals surface area contributed by atoms with Crippen molar-refractivity contribution in [2.45, 2.75) is 131 Å². The molecule has 6 rings (SSSR count). The first-order valence-electron chi connectivity index (χ1n) is 18.3. The van der Waals surface area contributed by atoms with E-state index < -0.39 is 0 Å². The maximum absolute atomic E-state index is 3.69. The third kappa shape index (κ3) is 9.91. The van der Waals surface area contributed by atoms with E-state index in [4.69, 9.17) is 0 Å². The summed E-state index contributed by atoms with van der Waals surface area (Å²) in [7, 11) is 0. The van der Waals surface area contributed by atoms with Crippen LogP contribution in [-0.2, 0) is 52.3 Å². The van der Waals surface area contributed by atoms with E-state index >= 15 is 0 Å². The minimum atomic E-state index is 0.163. The molecule has 0 aliphatic heterocycles. The Balaban J connectivity index is 0.000000197. The summed E-state index contributed by atoms with van der Waals surface area (Å²) in [6.07, 6.45) is 11.0. The summed E-state index contributed by atoms with van der Waals surface area (Å²) in [5.41, 5.74) is 17.5. The van der Waals surface area contributed by atoms with Crippen LogP contribution in [0.1, 0.15) is 145 Å². The Morgan fingerprint density at radius 3 is 1.46 bits per heavy atom. The van der Waals surface area contributed by atoms with Gasteiger partial charge in [-0.05, 0) is 35.4 Å². The average molecular weight is 740 g/mol. The molecule has 260 valence electrons. The molecule has 0 bridgehead atoms. The van der Waals surface area contributed by atoms with Crippen LogP contribution >= 0.6 is 0 Å². The third-order valence-corrected chi connectivity index (χ3v) is 11.2. The fourth-order valence-electron chi connectivity index (χ4n) is 6.80. The van der Waals surface area contributed by atoms with Gasteiger partial charge in [0.2, 0.25) is 0 Å². The predicted molar refractivity (Wildman–Crippen MR) is 215 cm³/mol. The van der Waals surface area contributed by atoms with Crippen LogP contribution in [0, 0.1) is 26.0 Å². The normalized spacial score (nSPS) is 13.6. The zero-order valence-electron chi connectivity index (χ0n) is 33.5. The molecule has 0 spiro atoms. The standard InChI is InChI=1S/C23H29.C21H26.C5H5.Zr/c1-14-9-16-11-17-10-15(2)21(23(6,7)8)13-19(17)18(16)12-20(14)22(3,4)5;1-20(2,3)18-11-7-16(8-12-18)15-17-9-13-19(14-10-17)21(4,5)6;1-2-4-5-3-1;/h9,12-13H,11H2,1-8H3;7-14H,1-6H3;1-3H,4H2;/q-1;;-1;+2. The van der Waals surface area contributed by atoms with Crippen LogP contribution in [-0.4, -0.2) is 3.21 Å². The van der Waals surface area contributed by atoms with Gasteiger partial charge >= 0.3 is 151 Å². The molecule has 0 aromatic heterocycles. The number of allylic oxidation sites excluding steroid dienone is 4. The van der Waals surface area contributed by atoms with Crippen molar-refractivity contribution in [1.82, 2.24) is 0 Å². The van der Waals surface area contributed by atoms with Crippen molar-refractivity contribution in [3.63, 3.8) is 0 Å². The van der Waals surface area contributed by atoms with Crippen LogP contribution < -0.4 is 0 Å². The van der Waals surface area contributed by atoms with Gasteiger partial charge in [0.15, 0.2) is 0 Å². The molecule has 0 atom stereocenters. The first-order valence-corrected chi connectivity index (χ1v) is 19.5. The molecule has 0 fully saturated rings. The second kappa shape index (κ2) is 15.4. The molecule has 1 heteroatoms. The second-order valence-electron chi connectivity index (χ2n) is 18.2. The van der Waals surface area contributed by atoms with Crippen molar-refractivity contribution < 1.29 is 24.2 Å². The Morgan fingerprint density at radius 2 is 1.08 bits per heavy atom. The molecule has 4 aromatic carbocycles. The molecular weight excluding hydrogens is 680 g/mol. The number of aryl methyl sites for hydroxylation is 2. The van der Waals surface area contributed by atoms with Gasteiger partial charge in [0.25, 0.3) is 0 Å². The van der Waals surface area contributed by atoms with E-state index in [1.165, 1.54) is 94.2 Å². The number of rotatable bonds is 2. The first kappa shape index (κ1) is 39.9. The molecular formula is C49H60Zr. The van der Waals surface area contributed by atoms with Gasteiger partial charge in [-0.25, -0.2) is 12.2 Å². The zero-order valence-corrected chi connectivity index (χ0v) is 36.0. The van der Waals surface area contributed by atoms with E-state index in [-0.39, 0.29) is 21.7 Å². The van der Waals surface area contributed by atoms with E-state index in [1.54, 1.807) is 0 Å². The van der Waals surface area contributed by atoms with E-state index in [0.29, 0.717) is 0 Å². The Kier molecular flexibility index (Phi) is 12.3. The van der Waals surface area contributed by atoms with Crippen LogP contribution in [0.5, 0.6) is 0 Å².